The molecule has 2 heteroatoms. The number of halogens is 1. The predicted molar refractivity (Wildman–Crippen MR) is 44.8 cm³/mol. The van der Waals surface area contributed by atoms with Crippen molar-refractivity contribution in [1.29, 1.82) is 0 Å². The van der Waals surface area contributed by atoms with Crippen LogP contribution in [0.25, 0.3) is 0 Å². The Hall–Kier alpha value is -0.270. The Morgan fingerprint density at radius 2 is 2.00 bits per heavy atom. The fourth-order valence-corrected chi connectivity index (χ4v) is 1.21. The fourth-order valence-electron chi connectivity index (χ4n) is 0.556. The zero-order valence-corrected chi connectivity index (χ0v) is 6.36. The first-order valence-corrected chi connectivity index (χ1v) is 3.84. The second-order valence-corrected chi connectivity index (χ2v) is 2.73. The normalized spacial score (nSPS) is 9.44. The molecule has 9 heavy (non-hydrogen) atoms. The van der Waals surface area contributed by atoms with Crippen molar-refractivity contribution in [3.05, 3.63) is 29.3 Å². The van der Waals surface area contributed by atoms with Gasteiger partial charge in [-0.25, -0.2) is 0 Å². The third-order valence-electron chi connectivity index (χ3n) is 0.992. The van der Waals surface area contributed by atoms with E-state index in [1.807, 2.05) is 24.3 Å². The number of thiol groups is 1. The Balaban J connectivity index is 3.15. The zero-order chi connectivity index (χ0) is 6.69. The summed E-state index contributed by atoms with van der Waals surface area (Å²) in [5.74, 6) is 5.34. The average molecular weight is 158 g/mol. The van der Waals surface area contributed by atoms with Crippen LogP contribution < -0.4 is 0 Å². The molecule has 0 aliphatic carbocycles. The highest BCUT2D eigenvalue weighted by Crippen LogP contribution is 2.19. The molecule has 0 saturated carbocycles. The van der Waals surface area contributed by atoms with Crippen molar-refractivity contribution in [3.8, 4) is 0 Å². The molecule has 1 aromatic rings. The molecular formula is C7H6ClS. The third-order valence-corrected chi connectivity index (χ3v) is 2.12. The molecule has 0 N–H and O–H groups in total. The maximum Gasteiger partial charge on any atom is 0.0534 e. The summed E-state index contributed by atoms with van der Waals surface area (Å²) in [5.41, 5.74) is 0. The minimum Gasteiger partial charge on any atom is -0.167 e. The van der Waals surface area contributed by atoms with E-state index in [2.05, 4.69) is 0 Å². The minimum absolute atomic E-state index is 0.730. The van der Waals surface area contributed by atoms with Crippen molar-refractivity contribution in [3.63, 3.8) is 0 Å². The van der Waals surface area contributed by atoms with Crippen molar-refractivity contribution in [1.82, 2.24) is 0 Å². The van der Waals surface area contributed by atoms with Gasteiger partial charge in [-0.15, -0.1) is 0 Å². The summed E-state index contributed by atoms with van der Waals surface area (Å²) in [7, 11) is 0. The van der Waals surface area contributed by atoms with E-state index in [-0.39, 0.29) is 0 Å². The van der Waals surface area contributed by atoms with Gasteiger partial charge < -0.3 is 0 Å². The maximum atomic E-state index is 5.74. The number of hydrogen-bond acceptors (Lipinski definition) is 0. The van der Waals surface area contributed by atoms with Crippen LogP contribution in [0.3, 0.4) is 0 Å². The van der Waals surface area contributed by atoms with Crippen LogP contribution in [0.1, 0.15) is 0 Å². The maximum absolute atomic E-state index is 5.74. The van der Waals surface area contributed by atoms with Crippen LogP contribution in [0.2, 0.25) is 5.02 Å². The third kappa shape index (κ3) is 1.57. The number of rotatable bonds is 1. The molecule has 0 aliphatic rings. The van der Waals surface area contributed by atoms with E-state index in [0.717, 1.165) is 21.3 Å². The summed E-state index contributed by atoms with van der Waals surface area (Å²) in [6.45, 7) is 0. The highest BCUT2D eigenvalue weighted by atomic mass is 35.5. The first kappa shape index (κ1) is 6.84. The molecule has 0 bridgehead atoms. The smallest absolute Gasteiger partial charge is 0.0534 e. The molecule has 1 aromatic carbocycles. The molecule has 0 saturated heterocycles. The number of benzene rings is 1. The van der Waals surface area contributed by atoms with E-state index in [4.69, 9.17) is 17.5 Å². The Labute approximate surface area is 63.4 Å². The summed E-state index contributed by atoms with van der Waals surface area (Å²) in [5, 5.41) is 0.738. The van der Waals surface area contributed by atoms with Gasteiger partial charge in [0.05, 0.1) is 5.02 Å². The van der Waals surface area contributed by atoms with E-state index in [9.17, 15) is 0 Å². The first-order chi connectivity index (χ1) is 4.34. The van der Waals surface area contributed by atoms with Crippen molar-refractivity contribution in [2.24, 2.45) is 0 Å². The Morgan fingerprint density at radius 3 is 2.44 bits per heavy atom. The molecule has 0 unspecified atom stereocenters. The molecule has 0 nitrogen and oxygen atoms in total. The first-order valence-electron chi connectivity index (χ1n) is 2.50. The standard InChI is InChI=1S/C7H6ClS/c1-9-7-5-3-2-4-6(7)8/h1-5,9H. The fraction of sp³-hybridized carbons (Fsp3) is 0. The minimum atomic E-state index is 0.730. The highest BCUT2D eigenvalue weighted by Gasteiger charge is 1.89. The lowest BCUT2D eigenvalue weighted by atomic mass is 10.4. The van der Waals surface area contributed by atoms with Crippen LogP contribution in [-0.4, -0.2) is 5.87 Å². The number of hydrogen-bond donors (Lipinski definition) is 1. The van der Waals surface area contributed by atoms with Gasteiger partial charge in [-0.05, 0) is 18.0 Å². The van der Waals surface area contributed by atoms with Crippen LogP contribution in [0.15, 0.2) is 29.2 Å². The quantitative estimate of drug-likeness (QED) is 0.470. The predicted octanol–water partition coefficient (Wildman–Crippen LogP) is 2.47. The largest absolute Gasteiger partial charge is 0.167 e. The molecule has 0 aromatic heterocycles. The summed E-state index contributed by atoms with van der Waals surface area (Å²) in [6, 6.07) is 7.54. The van der Waals surface area contributed by atoms with Crippen molar-refractivity contribution in [2.75, 3.05) is 0 Å². The van der Waals surface area contributed by atoms with Crippen molar-refractivity contribution < 1.29 is 0 Å². The highest BCUT2D eigenvalue weighted by molar-refractivity contribution is 7.96. The Bertz CT molecular complexity index is 220. The van der Waals surface area contributed by atoms with Crippen molar-refractivity contribution in [2.45, 2.75) is 4.90 Å². The molecule has 0 fully saturated rings. The van der Waals surface area contributed by atoms with Gasteiger partial charge in [0.2, 0.25) is 0 Å². The van der Waals surface area contributed by atoms with E-state index in [1.54, 1.807) is 0 Å². The van der Waals surface area contributed by atoms with Gasteiger partial charge in [-0.3, -0.25) is 0 Å². The molecular weight excluding hydrogens is 152 g/mol. The molecule has 47 valence electrons. The van der Waals surface area contributed by atoms with Crippen LogP contribution >= 0.6 is 23.0 Å². The lowest BCUT2D eigenvalue weighted by Crippen LogP contribution is -1.65. The molecule has 1 radical (unpaired) electrons. The molecule has 0 atom stereocenters. The van der Waals surface area contributed by atoms with E-state index < -0.39 is 0 Å². The molecule has 0 heterocycles. The zero-order valence-electron chi connectivity index (χ0n) is 4.71. The van der Waals surface area contributed by atoms with Gasteiger partial charge in [0.15, 0.2) is 0 Å². The van der Waals surface area contributed by atoms with Crippen LogP contribution in [-0.2, 0) is 0 Å². The molecule has 0 aliphatic heterocycles. The molecule has 1 rings (SSSR count). The Kier molecular flexibility index (Phi) is 2.31. The summed E-state index contributed by atoms with van der Waals surface area (Å²) in [4.78, 5) is 0.971. The van der Waals surface area contributed by atoms with E-state index >= 15 is 0 Å². The van der Waals surface area contributed by atoms with Gasteiger partial charge in [-0.1, -0.05) is 23.7 Å². The van der Waals surface area contributed by atoms with Gasteiger partial charge in [0.1, 0.15) is 0 Å². The lowest BCUT2D eigenvalue weighted by Gasteiger charge is -1.92. The van der Waals surface area contributed by atoms with Gasteiger partial charge in [-0.2, -0.15) is 11.4 Å². The van der Waals surface area contributed by atoms with Gasteiger partial charge in [0, 0.05) is 4.90 Å². The summed E-state index contributed by atoms with van der Waals surface area (Å²) < 4.78 is 0. The van der Waals surface area contributed by atoms with Crippen LogP contribution in [0, 0.1) is 0 Å². The van der Waals surface area contributed by atoms with E-state index in [1.165, 1.54) is 0 Å². The van der Waals surface area contributed by atoms with Gasteiger partial charge in [0.25, 0.3) is 0 Å². The Morgan fingerprint density at radius 1 is 1.33 bits per heavy atom. The van der Waals surface area contributed by atoms with Gasteiger partial charge >= 0.3 is 0 Å². The van der Waals surface area contributed by atoms with Crippen LogP contribution in [0.5, 0.6) is 0 Å². The SMILES string of the molecule is [CH]=[SH]c1ccccc1Cl. The second kappa shape index (κ2) is 3.04. The summed E-state index contributed by atoms with van der Waals surface area (Å²) in [6.07, 6.45) is 0. The topological polar surface area (TPSA) is 0 Å². The summed E-state index contributed by atoms with van der Waals surface area (Å²) >= 11 is 6.47. The monoisotopic (exact) mass is 157 g/mol. The van der Waals surface area contributed by atoms with Crippen molar-refractivity contribution >= 4 is 28.8 Å². The lowest BCUT2D eigenvalue weighted by molar-refractivity contribution is 1.48. The second-order valence-electron chi connectivity index (χ2n) is 1.58. The van der Waals surface area contributed by atoms with E-state index in [0.29, 0.717) is 0 Å². The van der Waals surface area contributed by atoms with Crippen LogP contribution in [0.4, 0.5) is 0 Å². The average Bonchev–Trinajstić information content (AvgIpc) is 1.89. The molecule has 0 spiro atoms. The molecule has 0 amide bonds.